The second-order valence-electron chi connectivity index (χ2n) is 9.26. The average Bonchev–Trinajstić information content (AvgIpc) is 3.47. The van der Waals surface area contributed by atoms with Gasteiger partial charge in [-0.2, -0.15) is 18.2 Å². The van der Waals surface area contributed by atoms with Gasteiger partial charge in [-0.05, 0) is 55.7 Å². The average molecular weight is 547 g/mol. The number of fused-ring (bicyclic) bond motifs is 1. The number of halogens is 4. The number of alkyl halides is 3. The summed E-state index contributed by atoms with van der Waals surface area (Å²) in [5.41, 5.74) is 0.497. The summed E-state index contributed by atoms with van der Waals surface area (Å²) < 4.78 is 53.3. The molecule has 2 heterocycles. The van der Waals surface area contributed by atoms with Crippen molar-refractivity contribution in [1.29, 1.82) is 0 Å². The Morgan fingerprint density at radius 1 is 1.18 bits per heavy atom. The smallest absolute Gasteiger partial charge is 0.416 e. The molecule has 2 aromatic heterocycles. The summed E-state index contributed by atoms with van der Waals surface area (Å²) in [6, 6.07) is 9.84. The summed E-state index contributed by atoms with van der Waals surface area (Å²) in [4.78, 5) is 24.1. The summed E-state index contributed by atoms with van der Waals surface area (Å²) >= 11 is 6.58. The lowest BCUT2D eigenvalue weighted by Crippen LogP contribution is -2.13. The van der Waals surface area contributed by atoms with Crippen LogP contribution in [-0.2, 0) is 17.5 Å². The molecule has 1 fully saturated rings. The van der Waals surface area contributed by atoms with E-state index in [1.807, 2.05) is 6.92 Å². The molecule has 0 aliphatic heterocycles. The highest BCUT2D eigenvalue weighted by molar-refractivity contribution is 6.33. The number of hydrogen-bond acceptors (Lipinski definition) is 6. The molecule has 5 rings (SSSR count). The number of aliphatic carboxylic acids is 1. The van der Waals surface area contributed by atoms with Gasteiger partial charge in [-0.15, -0.1) is 0 Å². The fourth-order valence-electron chi connectivity index (χ4n) is 3.91. The van der Waals surface area contributed by atoms with E-state index in [1.54, 1.807) is 22.8 Å². The van der Waals surface area contributed by atoms with Gasteiger partial charge >= 0.3 is 12.1 Å². The van der Waals surface area contributed by atoms with Crippen LogP contribution in [0, 0.1) is 0 Å². The highest BCUT2D eigenvalue weighted by Crippen LogP contribution is 2.41. The Kier molecular flexibility index (Phi) is 6.64. The van der Waals surface area contributed by atoms with Crippen molar-refractivity contribution in [3.8, 4) is 23.0 Å². The molecule has 0 unspecified atom stereocenters. The molecule has 0 radical (unpaired) electrons. The van der Waals surface area contributed by atoms with E-state index >= 15 is 0 Å². The minimum absolute atomic E-state index is 0.0245. The van der Waals surface area contributed by atoms with Gasteiger partial charge in [0, 0.05) is 5.56 Å². The largest absolute Gasteiger partial charge is 0.493 e. The first kappa shape index (κ1) is 25.8. The lowest BCUT2D eigenvalue weighted by atomic mass is 10.1. The van der Waals surface area contributed by atoms with E-state index in [2.05, 4.69) is 9.97 Å². The Balaban J connectivity index is 1.58. The van der Waals surface area contributed by atoms with E-state index in [0.29, 0.717) is 33.9 Å². The first-order valence-electron chi connectivity index (χ1n) is 11.7. The quantitative estimate of drug-likeness (QED) is 0.275. The number of imidazole rings is 1. The van der Waals surface area contributed by atoms with Gasteiger partial charge in [-0.25, -0.2) is 9.97 Å². The van der Waals surface area contributed by atoms with Gasteiger partial charge in [-0.3, -0.25) is 4.79 Å². The number of nitrogens with zero attached hydrogens (tertiary/aromatic N) is 4. The molecule has 0 spiro atoms. The van der Waals surface area contributed by atoms with Crippen molar-refractivity contribution in [2.75, 3.05) is 6.61 Å². The van der Waals surface area contributed by atoms with Crippen LogP contribution in [0.1, 0.15) is 37.3 Å². The van der Waals surface area contributed by atoms with Crippen LogP contribution in [-0.4, -0.2) is 42.8 Å². The second kappa shape index (κ2) is 9.79. The molecule has 1 saturated carbocycles. The van der Waals surface area contributed by atoms with Crippen LogP contribution in [0.5, 0.6) is 11.6 Å². The normalized spacial score (nSPS) is 14.4. The van der Waals surface area contributed by atoms with E-state index < -0.39 is 17.7 Å². The zero-order valence-electron chi connectivity index (χ0n) is 20.1. The number of carbonyl (C=O) groups is 1. The Hall–Kier alpha value is -3.86. The molecule has 198 valence electrons. The van der Waals surface area contributed by atoms with Crippen molar-refractivity contribution in [2.45, 2.75) is 44.5 Å². The maximum atomic E-state index is 13.4. The van der Waals surface area contributed by atoms with Crippen molar-refractivity contribution in [3.05, 3.63) is 64.9 Å². The number of carboxylic acids is 1. The molecule has 0 bridgehead atoms. The number of benzene rings is 2. The monoisotopic (exact) mass is 546 g/mol. The highest BCUT2D eigenvalue weighted by atomic mass is 35.5. The molecule has 4 aromatic rings. The van der Waals surface area contributed by atoms with Crippen LogP contribution in [0.25, 0.3) is 22.6 Å². The molecule has 1 aliphatic carbocycles. The predicted octanol–water partition coefficient (Wildman–Crippen LogP) is 6.00. The predicted molar refractivity (Wildman–Crippen MR) is 132 cm³/mol. The third-order valence-electron chi connectivity index (χ3n) is 6.16. The first-order valence-corrected chi connectivity index (χ1v) is 12.1. The number of ether oxygens (including phenoxy) is 2. The van der Waals surface area contributed by atoms with Gasteiger partial charge in [0.05, 0.1) is 30.2 Å². The fourth-order valence-corrected chi connectivity index (χ4v) is 4.16. The SMILES string of the molecule is CC1(Oc2ncnc3c2nc(-c2ccc(OCCC(=O)O)cc2Cl)n3Cc2cccc(C(F)(F)F)c2)CC1. The van der Waals surface area contributed by atoms with Gasteiger partial charge < -0.3 is 19.1 Å². The summed E-state index contributed by atoms with van der Waals surface area (Å²) in [6.45, 7) is 1.95. The zero-order chi connectivity index (χ0) is 27.1. The first-order chi connectivity index (χ1) is 18.0. The molecule has 0 saturated heterocycles. The topological polar surface area (TPSA) is 99.4 Å². The third kappa shape index (κ3) is 5.52. The molecule has 38 heavy (non-hydrogen) atoms. The fraction of sp³-hybridized carbons (Fsp3) is 0.308. The van der Waals surface area contributed by atoms with Gasteiger partial charge in [-0.1, -0.05) is 23.7 Å². The summed E-state index contributed by atoms with van der Waals surface area (Å²) in [5, 5.41) is 9.07. The molecular weight excluding hydrogens is 525 g/mol. The molecule has 12 heteroatoms. The molecule has 1 N–H and O–H groups in total. The van der Waals surface area contributed by atoms with Crippen molar-refractivity contribution in [2.24, 2.45) is 0 Å². The number of hydrogen-bond donors (Lipinski definition) is 1. The summed E-state index contributed by atoms with van der Waals surface area (Å²) in [7, 11) is 0. The molecule has 0 amide bonds. The van der Waals surface area contributed by atoms with Crippen LogP contribution >= 0.6 is 11.6 Å². The Morgan fingerprint density at radius 2 is 1.97 bits per heavy atom. The van der Waals surface area contributed by atoms with Crippen LogP contribution in [0.3, 0.4) is 0 Å². The lowest BCUT2D eigenvalue weighted by Gasteiger charge is -2.13. The number of rotatable bonds is 9. The van der Waals surface area contributed by atoms with Crippen molar-refractivity contribution in [1.82, 2.24) is 19.5 Å². The lowest BCUT2D eigenvalue weighted by molar-refractivity contribution is -0.138. The maximum Gasteiger partial charge on any atom is 0.416 e. The van der Waals surface area contributed by atoms with E-state index in [-0.39, 0.29) is 36.1 Å². The Bertz CT molecular complexity index is 1520. The van der Waals surface area contributed by atoms with Crippen molar-refractivity contribution < 1.29 is 32.5 Å². The van der Waals surface area contributed by atoms with Crippen LogP contribution in [0.2, 0.25) is 5.02 Å². The van der Waals surface area contributed by atoms with Gasteiger partial charge in [0.15, 0.2) is 11.2 Å². The minimum atomic E-state index is -4.49. The zero-order valence-corrected chi connectivity index (χ0v) is 20.9. The highest BCUT2D eigenvalue weighted by Gasteiger charge is 2.41. The second-order valence-corrected chi connectivity index (χ2v) is 9.66. The minimum Gasteiger partial charge on any atom is -0.493 e. The van der Waals surface area contributed by atoms with E-state index in [4.69, 9.17) is 31.2 Å². The molecule has 8 nitrogen and oxygen atoms in total. The van der Waals surface area contributed by atoms with Gasteiger partial charge in [0.2, 0.25) is 5.88 Å². The Morgan fingerprint density at radius 3 is 2.66 bits per heavy atom. The molecular formula is C26H22ClF3N4O4. The van der Waals surface area contributed by atoms with E-state index in [9.17, 15) is 18.0 Å². The van der Waals surface area contributed by atoms with E-state index in [0.717, 1.165) is 25.0 Å². The maximum absolute atomic E-state index is 13.4. The third-order valence-corrected chi connectivity index (χ3v) is 6.47. The van der Waals surface area contributed by atoms with Crippen LogP contribution in [0.4, 0.5) is 13.2 Å². The molecule has 1 aliphatic rings. The number of aromatic nitrogens is 4. The summed E-state index contributed by atoms with van der Waals surface area (Å²) in [5.74, 6) is 0.0100. The van der Waals surface area contributed by atoms with Crippen LogP contribution < -0.4 is 9.47 Å². The van der Waals surface area contributed by atoms with Crippen molar-refractivity contribution >= 4 is 28.7 Å². The van der Waals surface area contributed by atoms with Gasteiger partial charge in [0.1, 0.15) is 23.5 Å². The Labute approximate surface area is 220 Å². The standard InChI is InChI=1S/C26H22ClF3N4O4/c1-25(8-9-25)38-24-21-23(31-14-32-24)34(13-15-3-2-4-16(11-15)26(28,29)30)22(33-21)18-6-5-17(12-19(18)27)37-10-7-20(35)36/h2-6,11-12,14H,7-10,13H2,1H3,(H,35,36). The number of carboxylic acid groups (broad SMARTS) is 1. The van der Waals surface area contributed by atoms with Crippen molar-refractivity contribution in [3.63, 3.8) is 0 Å². The molecule has 0 atom stereocenters. The summed E-state index contributed by atoms with van der Waals surface area (Å²) in [6.07, 6.45) is -1.60. The molecule has 2 aromatic carbocycles. The van der Waals surface area contributed by atoms with Crippen LogP contribution in [0.15, 0.2) is 48.8 Å². The van der Waals surface area contributed by atoms with E-state index in [1.165, 1.54) is 18.5 Å². The van der Waals surface area contributed by atoms with Gasteiger partial charge in [0.25, 0.3) is 0 Å².